The highest BCUT2D eigenvalue weighted by Gasteiger charge is 2.31. The molecule has 0 spiro atoms. The van der Waals surface area contributed by atoms with Crippen LogP contribution in [0.5, 0.6) is 5.75 Å². The second kappa shape index (κ2) is 12.6. The Morgan fingerprint density at radius 3 is 2.72 bits per heavy atom. The SMILES string of the molecule is C=CC(=O)N1CCn2nc(-c3nc(-c4ccc5c(c4)CCN(C)C5)c4ccsc4c3-c3c(F)cc(F)cc3OCCOC)cc2[C@@H]1C. The summed E-state index contributed by atoms with van der Waals surface area (Å²) < 4.78 is 44.5. The van der Waals surface area contributed by atoms with Crippen LogP contribution in [0.15, 0.2) is 60.5 Å². The summed E-state index contributed by atoms with van der Waals surface area (Å²) in [5, 5.41) is 7.78. The fourth-order valence-corrected chi connectivity index (χ4v) is 7.63. The van der Waals surface area contributed by atoms with E-state index in [2.05, 4.69) is 36.7 Å². The van der Waals surface area contributed by atoms with Crippen molar-refractivity contribution in [3.8, 4) is 39.5 Å². The molecule has 3 aromatic heterocycles. The Balaban J connectivity index is 1.48. The van der Waals surface area contributed by atoms with Crippen LogP contribution in [-0.2, 0) is 29.0 Å². The van der Waals surface area contributed by atoms with E-state index in [1.807, 2.05) is 29.1 Å². The summed E-state index contributed by atoms with van der Waals surface area (Å²) in [6.45, 7) is 8.79. The number of amides is 1. The molecule has 11 heteroatoms. The minimum atomic E-state index is -0.763. The molecule has 2 aromatic carbocycles. The Morgan fingerprint density at radius 1 is 1.06 bits per heavy atom. The van der Waals surface area contributed by atoms with E-state index in [0.717, 1.165) is 52.6 Å². The van der Waals surface area contributed by atoms with Gasteiger partial charge in [-0.05, 0) is 61.2 Å². The van der Waals surface area contributed by atoms with Crippen LogP contribution in [0.1, 0.15) is 29.8 Å². The van der Waals surface area contributed by atoms with Crippen molar-refractivity contribution in [2.75, 3.05) is 40.5 Å². The predicted octanol–water partition coefficient (Wildman–Crippen LogP) is 6.87. The first-order chi connectivity index (χ1) is 22.8. The Bertz CT molecular complexity index is 2020. The van der Waals surface area contributed by atoms with Crippen LogP contribution in [0.2, 0.25) is 0 Å². The van der Waals surface area contributed by atoms with E-state index in [-0.39, 0.29) is 36.5 Å². The summed E-state index contributed by atoms with van der Waals surface area (Å²) in [4.78, 5) is 22.0. The summed E-state index contributed by atoms with van der Waals surface area (Å²) >= 11 is 1.46. The molecule has 0 saturated carbocycles. The minimum absolute atomic E-state index is 0.0584. The molecule has 47 heavy (non-hydrogen) atoms. The quantitative estimate of drug-likeness (QED) is 0.134. The van der Waals surface area contributed by atoms with Gasteiger partial charge in [-0.1, -0.05) is 18.7 Å². The summed E-state index contributed by atoms with van der Waals surface area (Å²) in [5.74, 6) is -1.61. The second-order valence-corrected chi connectivity index (χ2v) is 12.9. The summed E-state index contributed by atoms with van der Waals surface area (Å²) in [6.07, 6.45) is 2.26. The van der Waals surface area contributed by atoms with Gasteiger partial charge in [0.2, 0.25) is 5.91 Å². The first kappa shape index (κ1) is 31.2. The van der Waals surface area contributed by atoms with Gasteiger partial charge in [-0.2, -0.15) is 5.10 Å². The Hall–Kier alpha value is -4.45. The zero-order chi connectivity index (χ0) is 32.8. The van der Waals surface area contributed by atoms with Gasteiger partial charge in [0.25, 0.3) is 0 Å². The van der Waals surface area contributed by atoms with Crippen molar-refractivity contribution in [3.63, 3.8) is 0 Å². The number of likely N-dealkylation sites (N-methyl/N-ethyl adjacent to an activating group) is 1. The van der Waals surface area contributed by atoms with Gasteiger partial charge in [0.05, 0.1) is 36.1 Å². The summed E-state index contributed by atoms with van der Waals surface area (Å²) in [5.41, 5.74) is 6.69. The van der Waals surface area contributed by atoms with E-state index < -0.39 is 11.6 Å². The molecule has 0 N–H and O–H groups in total. The predicted molar refractivity (Wildman–Crippen MR) is 179 cm³/mol. The average molecular weight is 656 g/mol. The van der Waals surface area contributed by atoms with Gasteiger partial charge in [0.1, 0.15) is 35.4 Å². The molecule has 1 amide bonds. The molecule has 2 aliphatic heterocycles. The summed E-state index contributed by atoms with van der Waals surface area (Å²) in [7, 11) is 3.66. The van der Waals surface area contributed by atoms with Crippen molar-refractivity contribution < 1.29 is 23.0 Å². The highest BCUT2D eigenvalue weighted by atomic mass is 32.1. The molecule has 0 fully saturated rings. The number of carbonyl (C=O) groups is 1. The number of halogens is 2. The molecule has 0 saturated heterocycles. The number of rotatable bonds is 8. The Kier molecular flexibility index (Phi) is 8.37. The lowest BCUT2D eigenvalue weighted by Crippen LogP contribution is -2.40. The molecule has 0 radical (unpaired) electrons. The number of hydrogen-bond donors (Lipinski definition) is 0. The van der Waals surface area contributed by atoms with Crippen molar-refractivity contribution in [1.82, 2.24) is 24.6 Å². The number of pyridine rings is 1. The maximum atomic E-state index is 16.1. The molecule has 8 nitrogen and oxygen atoms in total. The van der Waals surface area contributed by atoms with Crippen molar-refractivity contribution in [1.29, 1.82) is 0 Å². The van der Waals surface area contributed by atoms with Crippen LogP contribution in [0.4, 0.5) is 8.78 Å². The molecule has 0 aliphatic carbocycles. The van der Waals surface area contributed by atoms with Crippen LogP contribution < -0.4 is 4.74 Å². The van der Waals surface area contributed by atoms with Gasteiger partial charge in [0.15, 0.2) is 0 Å². The molecule has 1 atom stereocenters. The van der Waals surface area contributed by atoms with Crippen LogP contribution >= 0.6 is 11.3 Å². The maximum absolute atomic E-state index is 16.1. The fourth-order valence-electron chi connectivity index (χ4n) is 6.68. The van der Waals surface area contributed by atoms with Crippen LogP contribution in [0.3, 0.4) is 0 Å². The molecule has 0 bridgehead atoms. The third-order valence-corrected chi connectivity index (χ3v) is 10.00. The van der Waals surface area contributed by atoms with Crippen LogP contribution in [-0.4, -0.2) is 70.9 Å². The molecule has 2 aliphatic rings. The third kappa shape index (κ3) is 5.62. The molecule has 242 valence electrons. The van der Waals surface area contributed by atoms with Gasteiger partial charge in [-0.15, -0.1) is 11.3 Å². The molecule has 5 heterocycles. The standard InChI is InChI=1S/C36H35F2N5O3S/c1-5-31(44)42-11-12-43-29(21(42)2)19-28(40-43)35-33(32-27(38)17-25(37)18-30(32)46-14-13-45-4)36-26(9-15-47-36)34(39-35)23-6-7-24-20-41(3)10-8-22(24)16-23/h5-7,9,15-19,21H,1,8,10-14,20H2,2-4H3/t21-/m0/s1. The molecular formula is C36H35F2N5O3S. The number of carbonyl (C=O) groups excluding carboxylic acids is 1. The van der Waals surface area contributed by atoms with E-state index in [4.69, 9.17) is 19.6 Å². The lowest BCUT2D eigenvalue weighted by Gasteiger charge is -2.33. The number of ether oxygens (including phenoxy) is 2. The monoisotopic (exact) mass is 655 g/mol. The number of thiophene rings is 1. The first-order valence-corrected chi connectivity index (χ1v) is 16.5. The van der Waals surface area contributed by atoms with E-state index >= 15 is 4.39 Å². The molecular weight excluding hydrogens is 620 g/mol. The van der Waals surface area contributed by atoms with Crippen molar-refractivity contribution in [3.05, 3.63) is 89.0 Å². The molecule has 7 rings (SSSR count). The molecule has 0 unspecified atom stereocenters. The highest BCUT2D eigenvalue weighted by molar-refractivity contribution is 7.18. The van der Waals surface area contributed by atoms with Crippen molar-refractivity contribution in [2.45, 2.75) is 32.5 Å². The third-order valence-electron chi connectivity index (χ3n) is 9.06. The number of hydrogen-bond acceptors (Lipinski definition) is 7. The number of benzene rings is 2. The lowest BCUT2D eigenvalue weighted by atomic mass is 9.93. The average Bonchev–Trinajstić information content (AvgIpc) is 3.73. The van der Waals surface area contributed by atoms with Crippen molar-refractivity contribution >= 4 is 27.3 Å². The van der Waals surface area contributed by atoms with E-state index in [0.29, 0.717) is 30.0 Å². The number of nitrogens with zero attached hydrogens (tertiary/aromatic N) is 5. The van der Waals surface area contributed by atoms with Crippen LogP contribution in [0, 0.1) is 11.6 Å². The van der Waals surface area contributed by atoms with Gasteiger partial charge < -0.3 is 19.3 Å². The fraction of sp³-hybridized carbons (Fsp3) is 0.306. The lowest BCUT2D eigenvalue weighted by molar-refractivity contribution is -0.129. The van der Waals surface area contributed by atoms with E-state index in [9.17, 15) is 9.18 Å². The number of aromatic nitrogens is 3. The minimum Gasteiger partial charge on any atom is -0.490 e. The zero-order valence-electron chi connectivity index (χ0n) is 26.6. The first-order valence-electron chi connectivity index (χ1n) is 15.6. The van der Waals surface area contributed by atoms with Gasteiger partial charge in [0, 0.05) is 60.1 Å². The van der Waals surface area contributed by atoms with Crippen LogP contribution in [0.25, 0.3) is 43.9 Å². The summed E-state index contributed by atoms with van der Waals surface area (Å²) in [6, 6.07) is 12.2. The zero-order valence-corrected chi connectivity index (χ0v) is 27.4. The van der Waals surface area contributed by atoms with Gasteiger partial charge in [-0.3, -0.25) is 9.48 Å². The maximum Gasteiger partial charge on any atom is 0.246 e. The van der Waals surface area contributed by atoms with Gasteiger partial charge >= 0.3 is 0 Å². The van der Waals surface area contributed by atoms with E-state index in [1.165, 1.54) is 41.7 Å². The largest absolute Gasteiger partial charge is 0.490 e. The van der Waals surface area contributed by atoms with E-state index in [1.54, 1.807) is 4.90 Å². The second-order valence-electron chi connectivity index (χ2n) is 12.0. The molecule has 5 aromatic rings. The Morgan fingerprint density at radius 2 is 1.91 bits per heavy atom. The van der Waals surface area contributed by atoms with Crippen molar-refractivity contribution in [2.24, 2.45) is 0 Å². The Labute approximate surface area is 275 Å². The topological polar surface area (TPSA) is 72.7 Å². The van der Waals surface area contributed by atoms with Gasteiger partial charge in [-0.25, -0.2) is 13.8 Å². The smallest absolute Gasteiger partial charge is 0.246 e. The normalized spacial score (nSPS) is 16.3. The number of fused-ring (bicyclic) bond motifs is 3. The highest BCUT2D eigenvalue weighted by Crippen LogP contribution is 2.47. The number of methoxy groups -OCH3 is 1.